The maximum Gasteiger partial charge on any atom is 0.303 e. The number of ether oxygens (including phenoxy) is 1. The van der Waals surface area contributed by atoms with E-state index in [4.69, 9.17) is 9.84 Å². The van der Waals surface area contributed by atoms with Gasteiger partial charge in [-0.3, -0.25) is 9.59 Å². The highest BCUT2D eigenvalue weighted by Gasteiger charge is 2.29. The van der Waals surface area contributed by atoms with Gasteiger partial charge in [0.05, 0.1) is 5.92 Å². The quantitative estimate of drug-likeness (QED) is 0.830. The van der Waals surface area contributed by atoms with Crippen molar-refractivity contribution in [1.29, 1.82) is 0 Å². The number of rotatable bonds is 7. The molecule has 0 saturated carbocycles. The average Bonchev–Trinajstić information content (AvgIpc) is 2.67. The molecule has 2 aromatic rings. The van der Waals surface area contributed by atoms with E-state index >= 15 is 0 Å². The first kappa shape index (κ1) is 18.0. The van der Waals surface area contributed by atoms with E-state index in [0.717, 1.165) is 16.9 Å². The number of hydrogen-bond acceptors (Lipinski definition) is 3. The molecule has 1 N–H and O–H groups in total. The molecule has 136 valence electrons. The molecule has 5 heteroatoms. The summed E-state index contributed by atoms with van der Waals surface area (Å²) in [5.74, 6) is -0.212. The van der Waals surface area contributed by atoms with Crippen LogP contribution in [0.15, 0.2) is 54.6 Å². The predicted molar refractivity (Wildman–Crippen MR) is 97.9 cm³/mol. The molecule has 0 bridgehead atoms. The second kappa shape index (κ2) is 8.52. The van der Waals surface area contributed by atoms with Crippen LogP contribution in [-0.4, -0.2) is 35.0 Å². The van der Waals surface area contributed by atoms with Gasteiger partial charge >= 0.3 is 5.97 Å². The summed E-state index contributed by atoms with van der Waals surface area (Å²) in [5, 5.41) is 8.89. The summed E-state index contributed by atoms with van der Waals surface area (Å²) in [5.41, 5.74) is 2.08. The van der Waals surface area contributed by atoms with Crippen molar-refractivity contribution < 1.29 is 19.4 Å². The Kier molecular flexibility index (Phi) is 5.89. The molecule has 3 rings (SSSR count). The topological polar surface area (TPSA) is 66.8 Å². The van der Waals surface area contributed by atoms with E-state index in [9.17, 15) is 9.59 Å². The number of benzene rings is 2. The van der Waals surface area contributed by atoms with Gasteiger partial charge in [0.25, 0.3) is 0 Å². The van der Waals surface area contributed by atoms with E-state index in [-0.39, 0.29) is 18.2 Å². The minimum atomic E-state index is -0.841. The lowest BCUT2D eigenvalue weighted by Gasteiger charge is -2.30. The van der Waals surface area contributed by atoms with Gasteiger partial charge < -0.3 is 14.7 Å². The molecule has 2 aromatic carbocycles. The third-order valence-corrected chi connectivity index (χ3v) is 4.57. The number of carboxylic acid groups (broad SMARTS) is 1. The Morgan fingerprint density at radius 2 is 1.81 bits per heavy atom. The molecule has 0 radical (unpaired) electrons. The van der Waals surface area contributed by atoms with E-state index in [1.165, 1.54) is 0 Å². The van der Waals surface area contributed by atoms with Gasteiger partial charge in [-0.2, -0.15) is 0 Å². The van der Waals surface area contributed by atoms with E-state index in [1.54, 1.807) is 4.90 Å². The maximum atomic E-state index is 13.1. The molecule has 1 aliphatic rings. The van der Waals surface area contributed by atoms with Crippen LogP contribution in [0.2, 0.25) is 0 Å². The van der Waals surface area contributed by atoms with E-state index in [2.05, 4.69) is 0 Å². The average molecular weight is 353 g/mol. The zero-order valence-electron chi connectivity index (χ0n) is 14.6. The lowest BCUT2D eigenvalue weighted by molar-refractivity contribution is -0.140. The van der Waals surface area contributed by atoms with Crippen LogP contribution in [0.4, 0.5) is 0 Å². The summed E-state index contributed by atoms with van der Waals surface area (Å²) >= 11 is 0. The number of carbonyl (C=O) groups is 2. The smallest absolute Gasteiger partial charge is 0.303 e. The van der Waals surface area contributed by atoms with Crippen molar-refractivity contribution in [2.75, 3.05) is 13.2 Å². The van der Waals surface area contributed by atoms with Crippen LogP contribution in [0, 0.1) is 5.92 Å². The molecule has 0 spiro atoms. The Morgan fingerprint density at radius 1 is 1.08 bits per heavy atom. The monoisotopic (exact) mass is 353 g/mol. The van der Waals surface area contributed by atoms with Crippen molar-refractivity contribution in [3.8, 4) is 5.75 Å². The molecule has 1 unspecified atom stereocenters. The second-order valence-electron chi connectivity index (χ2n) is 6.56. The third-order valence-electron chi connectivity index (χ3n) is 4.57. The lowest BCUT2D eigenvalue weighted by Crippen LogP contribution is -2.41. The summed E-state index contributed by atoms with van der Waals surface area (Å²) in [6.07, 6.45) is 1.15. The molecule has 0 aliphatic carbocycles. The van der Waals surface area contributed by atoms with Crippen molar-refractivity contribution in [3.63, 3.8) is 0 Å². The Bertz CT molecular complexity index is 760. The maximum absolute atomic E-state index is 13.1. The van der Waals surface area contributed by atoms with Gasteiger partial charge in [-0.25, -0.2) is 0 Å². The standard InChI is InChI=1S/C21H23NO4/c23-20(24)11-6-12-22(14-16-7-2-1-3-8-16)21(25)18-13-17-9-4-5-10-19(17)26-15-18/h1-5,7-10,18H,6,11-15H2,(H,23,24). The van der Waals surface area contributed by atoms with Gasteiger partial charge in [-0.15, -0.1) is 0 Å². The first-order valence-electron chi connectivity index (χ1n) is 8.88. The first-order valence-corrected chi connectivity index (χ1v) is 8.88. The molecule has 0 fully saturated rings. The highest BCUT2D eigenvalue weighted by atomic mass is 16.5. The highest BCUT2D eigenvalue weighted by molar-refractivity contribution is 5.80. The van der Waals surface area contributed by atoms with Gasteiger partial charge in [0.1, 0.15) is 12.4 Å². The van der Waals surface area contributed by atoms with Crippen molar-refractivity contribution in [3.05, 3.63) is 65.7 Å². The number of para-hydroxylation sites is 1. The van der Waals surface area contributed by atoms with Crippen LogP contribution >= 0.6 is 0 Å². The number of carbonyl (C=O) groups excluding carboxylic acids is 1. The fraction of sp³-hybridized carbons (Fsp3) is 0.333. The van der Waals surface area contributed by atoms with Crippen LogP contribution in [0.25, 0.3) is 0 Å². The fourth-order valence-electron chi connectivity index (χ4n) is 3.24. The molecule has 1 atom stereocenters. The highest BCUT2D eigenvalue weighted by Crippen LogP contribution is 2.28. The number of aliphatic carboxylic acids is 1. The minimum absolute atomic E-state index is 0.0220. The van der Waals surface area contributed by atoms with Gasteiger partial charge in [0, 0.05) is 19.5 Å². The van der Waals surface area contributed by atoms with E-state index in [0.29, 0.717) is 32.5 Å². The molecule has 1 aliphatic heterocycles. The van der Waals surface area contributed by atoms with Crippen molar-refractivity contribution in [1.82, 2.24) is 4.90 Å². The Balaban J connectivity index is 1.70. The molecular weight excluding hydrogens is 330 g/mol. The second-order valence-corrected chi connectivity index (χ2v) is 6.56. The predicted octanol–water partition coefficient (Wildman–Crippen LogP) is 3.13. The lowest BCUT2D eigenvalue weighted by atomic mass is 9.95. The molecule has 1 heterocycles. The largest absolute Gasteiger partial charge is 0.492 e. The number of carboxylic acids is 1. The molecule has 1 amide bonds. The first-order chi connectivity index (χ1) is 12.6. The molecule has 0 aromatic heterocycles. The van der Waals surface area contributed by atoms with Gasteiger partial charge in [-0.1, -0.05) is 48.5 Å². The molecule has 26 heavy (non-hydrogen) atoms. The zero-order valence-corrected chi connectivity index (χ0v) is 14.6. The van der Waals surface area contributed by atoms with Crippen LogP contribution in [0.1, 0.15) is 24.0 Å². The Morgan fingerprint density at radius 3 is 2.58 bits per heavy atom. The van der Waals surface area contributed by atoms with Crippen LogP contribution in [0.5, 0.6) is 5.75 Å². The summed E-state index contributed by atoms with van der Waals surface area (Å²) in [4.78, 5) is 25.7. The SMILES string of the molecule is O=C(O)CCCN(Cc1ccccc1)C(=O)C1COc2ccccc2C1. The summed E-state index contributed by atoms with van der Waals surface area (Å²) in [6.45, 7) is 1.27. The number of fused-ring (bicyclic) bond motifs is 1. The summed E-state index contributed by atoms with van der Waals surface area (Å²) in [6, 6.07) is 17.5. The van der Waals surface area contributed by atoms with Crippen molar-refractivity contribution >= 4 is 11.9 Å². The normalized spacial score (nSPS) is 15.6. The summed E-state index contributed by atoms with van der Waals surface area (Å²) in [7, 11) is 0. The molecule has 5 nitrogen and oxygen atoms in total. The van der Waals surface area contributed by atoms with Crippen LogP contribution < -0.4 is 4.74 Å². The van der Waals surface area contributed by atoms with Crippen molar-refractivity contribution in [2.24, 2.45) is 5.92 Å². The third kappa shape index (κ3) is 4.63. The number of amides is 1. The minimum Gasteiger partial charge on any atom is -0.492 e. The van der Waals surface area contributed by atoms with Gasteiger partial charge in [-0.05, 0) is 30.0 Å². The van der Waals surface area contributed by atoms with Crippen molar-refractivity contribution in [2.45, 2.75) is 25.8 Å². The van der Waals surface area contributed by atoms with E-state index in [1.807, 2.05) is 54.6 Å². The molecule has 0 saturated heterocycles. The van der Waals surface area contributed by atoms with Gasteiger partial charge in [0.2, 0.25) is 5.91 Å². The van der Waals surface area contributed by atoms with Gasteiger partial charge in [0.15, 0.2) is 0 Å². The Hall–Kier alpha value is -2.82. The van der Waals surface area contributed by atoms with Crippen LogP contribution in [-0.2, 0) is 22.6 Å². The summed E-state index contributed by atoms with van der Waals surface area (Å²) < 4.78 is 5.76. The van der Waals surface area contributed by atoms with Crippen LogP contribution in [0.3, 0.4) is 0 Å². The number of nitrogens with zero attached hydrogens (tertiary/aromatic N) is 1. The Labute approximate surface area is 153 Å². The van der Waals surface area contributed by atoms with E-state index < -0.39 is 5.97 Å². The molecular formula is C21H23NO4. The number of hydrogen-bond donors (Lipinski definition) is 1. The zero-order chi connectivity index (χ0) is 18.4. The fourth-order valence-corrected chi connectivity index (χ4v) is 3.24.